The van der Waals surface area contributed by atoms with Crippen molar-refractivity contribution in [3.63, 3.8) is 0 Å². The minimum Gasteiger partial charge on any atom is -0.381 e. The highest BCUT2D eigenvalue weighted by atomic mass is 32.1. The highest BCUT2D eigenvalue weighted by molar-refractivity contribution is 7.80. The molecular weight excluding hydrogens is 232 g/mol. The molecule has 0 radical (unpaired) electrons. The van der Waals surface area contributed by atoms with E-state index in [0.29, 0.717) is 12.3 Å². The van der Waals surface area contributed by atoms with E-state index >= 15 is 0 Å². The lowest BCUT2D eigenvalue weighted by Gasteiger charge is -2.30. The number of thiol groups is 1. The Morgan fingerprint density at radius 3 is 2.71 bits per heavy atom. The van der Waals surface area contributed by atoms with E-state index < -0.39 is 0 Å². The van der Waals surface area contributed by atoms with Crippen LogP contribution in [0.25, 0.3) is 0 Å². The van der Waals surface area contributed by atoms with Gasteiger partial charge in [0, 0.05) is 13.0 Å². The molecule has 0 aromatic heterocycles. The van der Waals surface area contributed by atoms with E-state index in [2.05, 4.69) is 26.5 Å². The van der Waals surface area contributed by atoms with Crippen LogP contribution in [-0.2, 0) is 9.53 Å². The molecule has 1 atom stereocenters. The normalized spacial score (nSPS) is 21.2. The lowest BCUT2D eigenvalue weighted by atomic mass is 9.75. The van der Waals surface area contributed by atoms with Crippen LogP contribution in [0.5, 0.6) is 0 Å². The van der Waals surface area contributed by atoms with Crippen LogP contribution >= 0.6 is 12.6 Å². The van der Waals surface area contributed by atoms with Crippen molar-refractivity contribution in [1.29, 1.82) is 0 Å². The first-order valence-corrected chi connectivity index (χ1v) is 7.01. The summed E-state index contributed by atoms with van der Waals surface area (Å²) in [6.45, 7) is 7.81. The SMILES string of the molecule is CCOCC(CS)CC1=CC(=O)CC(C)(C)C1. The van der Waals surface area contributed by atoms with Crippen LogP contribution in [0.1, 0.15) is 40.0 Å². The Bertz CT molecular complexity index is 295. The van der Waals surface area contributed by atoms with Crippen molar-refractivity contribution in [2.75, 3.05) is 19.0 Å². The van der Waals surface area contributed by atoms with Crippen LogP contribution in [0.3, 0.4) is 0 Å². The summed E-state index contributed by atoms with van der Waals surface area (Å²) < 4.78 is 5.45. The highest BCUT2D eigenvalue weighted by Gasteiger charge is 2.28. The van der Waals surface area contributed by atoms with Crippen molar-refractivity contribution in [3.05, 3.63) is 11.6 Å². The minimum absolute atomic E-state index is 0.119. The van der Waals surface area contributed by atoms with Crippen LogP contribution in [0.15, 0.2) is 11.6 Å². The molecule has 0 aliphatic heterocycles. The minimum atomic E-state index is 0.119. The fourth-order valence-corrected chi connectivity index (χ4v) is 2.68. The van der Waals surface area contributed by atoms with E-state index in [9.17, 15) is 4.79 Å². The van der Waals surface area contributed by atoms with Gasteiger partial charge in [0.1, 0.15) is 0 Å². The standard InChI is InChI=1S/C14H24O2S/c1-4-16-9-12(10-17)5-11-6-13(15)8-14(2,3)7-11/h6,12,17H,4-5,7-10H2,1-3H3. The molecule has 0 N–H and O–H groups in total. The van der Waals surface area contributed by atoms with Gasteiger partial charge in [0.15, 0.2) is 5.78 Å². The summed E-state index contributed by atoms with van der Waals surface area (Å²) in [6.07, 6.45) is 4.48. The Hall–Kier alpha value is -0.280. The van der Waals surface area contributed by atoms with Gasteiger partial charge in [0.2, 0.25) is 0 Å². The highest BCUT2D eigenvalue weighted by Crippen LogP contribution is 2.36. The molecule has 0 aromatic rings. The zero-order valence-corrected chi connectivity index (χ0v) is 12.1. The van der Waals surface area contributed by atoms with Gasteiger partial charge < -0.3 is 4.74 Å². The van der Waals surface area contributed by atoms with E-state index in [0.717, 1.165) is 31.8 Å². The van der Waals surface area contributed by atoms with E-state index in [1.807, 2.05) is 13.0 Å². The molecule has 1 aliphatic rings. The zero-order chi connectivity index (χ0) is 12.9. The summed E-state index contributed by atoms with van der Waals surface area (Å²) in [5, 5.41) is 0. The number of hydrogen-bond acceptors (Lipinski definition) is 3. The molecule has 0 heterocycles. The Kier molecular flexibility index (Phi) is 5.74. The van der Waals surface area contributed by atoms with Crippen molar-refractivity contribution in [2.24, 2.45) is 11.3 Å². The second-order valence-corrected chi connectivity index (χ2v) is 6.06. The Labute approximate surface area is 110 Å². The number of ether oxygens (including phenoxy) is 1. The fourth-order valence-electron chi connectivity index (χ4n) is 2.44. The summed E-state index contributed by atoms with van der Waals surface area (Å²) in [6, 6.07) is 0. The van der Waals surface area contributed by atoms with Crippen molar-refractivity contribution < 1.29 is 9.53 Å². The van der Waals surface area contributed by atoms with Crippen molar-refractivity contribution in [2.45, 2.75) is 40.0 Å². The number of rotatable bonds is 6. The van der Waals surface area contributed by atoms with Crippen LogP contribution in [-0.4, -0.2) is 24.7 Å². The predicted molar refractivity (Wildman–Crippen MR) is 74.6 cm³/mol. The second kappa shape index (κ2) is 6.60. The Morgan fingerprint density at radius 2 is 2.18 bits per heavy atom. The molecule has 0 spiro atoms. The van der Waals surface area contributed by atoms with Crippen LogP contribution < -0.4 is 0 Å². The molecule has 1 unspecified atom stereocenters. The second-order valence-electron chi connectivity index (χ2n) is 5.70. The third kappa shape index (κ3) is 5.26. The summed E-state index contributed by atoms with van der Waals surface area (Å²) >= 11 is 4.36. The van der Waals surface area contributed by atoms with Gasteiger partial charge in [-0.05, 0) is 42.9 Å². The van der Waals surface area contributed by atoms with Gasteiger partial charge in [-0.3, -0.25) is 4.79 Å². The molecule has 98 valence electrons. The fraction of sp³-hybridized carbons (Fsp3) is 0.786. The number of ketones is 1. The average Bonchev–Trinajstić information content (AvgIpc) is 2.21. The lowest BCUT2D eigenvalue weighted by molar-refractivity contribution is -0.117. The molecule has 0 fully saturated rings. The number of carbonyl (C=O) groups excluding carboxylic acids is 1. The molecule has 0 saturated carbocycles. The predicted octanol–water partition coefficient (Wildman–Crippen LogP) is 3.27. The van der Waals surface area contributed by atoms with E-state index in [4.69, 9.17) is 4.74 Å². The molecule has 3 heteroatoms. The average molecular weight is 256 g/mol. The summed E-state index contributed by atoms with van der Waals surface area (Å²) in [7, 11) is 0. The van der Waals surface area contributed by atoms with E-state index in [-0.39, 0.29) is 11.2 Å². The van der Waals surface area contributed by atoms with Crippen molar-refractivity contribution in [3.8, 4) is 0 Å². The first-order chi connectivity index (χ1) is 7.96. The number of carbonyl (C=O) groups is 1. The van der Waals surface area contributed by atoms with E-state index in [1.165, 1.54) is 5.57 Å². The number of hydrogen-bond donors (Lipinski definition) is 1. The number of allylic oxidation sites excluding steroid dienone is 2. The third-order valence-corrected chi connectivity index (χ3v) is 3.61. The summed E-state index contributed by atoms with van der Waals surface area (Å²) in [4.78, 5) is 11.6. The van der Waals surface area contributed by atoms with Gasteiger partial charge in [0.05, 0.1) is 6.61 Å². The van der Waals surface area contributed by atoms with Crippen LogP contribution in [0.4, 0.5) is 0 Å². The van der Waals surface area contributed by atoms with Crippen LogP contribution in [0.2, 0.25) is 0 Å². The molecule has 0 aromatic carbocycles. The van der Waals surface area contributed by atoms with Gasteiger partial charge in [-0.15, -0.1) is 0 Å². The first kappa shape index (κ1) is 14.8. The Balaban J connectivity index is 2.57. The zero-order valence-electron chi connectivity index (χ0n) is 11.2. The quantitative estimate of drug-likeness (QED) is 0.738. The van der Waals surface area contributed by atoms with E-state index in [1.54, 1.807) is 0 Å². The van der Waals surface area contributed by atoms with Gasteiger partial charge in [-0.25, -0.2) is 0 Å². The molecule has 2 nitrogen and oxygen atoms in total. The maximum atomic E-state index is 11.6. The first-order valence-electron chi connectivity index (χ1n) is 6.37. The summed E-state index contributed by atoms with van der Waals surface area (Å²) in [5.41, 5.74) is 1.39. The molecule has 0 bridgehead atoms. The van der Waals surface area contributed by atoms with Crippen LogP contribution in [0, 0.1) is 11.3 Å². The molecule has 17 heavy (non-hydrogen) atoms. The molecule has 0 amide bonds. The third-order valence-electron chi connectivity index (χ3n) is 3.09. The van der Waals surface area contributed by atoms with Crippen molar-refractivity contribution in [1.82, 2.24) is 0 Å². The van der Waals surface area contributed by atoms with Gasteiger partial charge in [-0.2, -0.15) is 12.6 Å². The van der Waals surface area contributed by atoms with Gasteiger partial charge in [0.25, 0.3) is 0 Å². The summed E-state index contributed by atoms with van der Waals surface area (Å²) in [5.74, 6) is 1.50. The van der Waals surface area contributed by atoms with Gasteiger partial charge in [-0.1, -0.05) is 19.4 Å². The molecular formula is C14H24O2S. The van der Waals surface area contributed by atoms with Gasteiger partial charge >= 0.3 is 0 Å². The molecule has 0 saturated heterocycles. The maximum absolute atomic E-state index is 11.6. The maximum Gasteiger partial charge on any atom is 0.156 e. The molecule has 1 rings (SSSR count). The largest absolute Gasteiger partial charge is 0.381 e. The molecule has 1 aliphatic carbocycles. The smallest absolute Gasteiger partial charge is 0.156 e. The topological polar surface area (TPSA) is 26.3 Å². The monoisotopic (exact) mass is 256 g/mol. The Morgan fingerprint density at radius 1 is 1.47 bits per heavy atom. The van der Waals surface area contributed by atoms with Crippen molar-refractivity contribution >= 4 is 18.4 Å². The lowest BCUT2D eigenvalue weighted by Crippen LogP contribution is -2.23.